The normalized spacial score (nSPS) is 17.8. The first kappa shape index (κ1) is 17.3. The average molecular weight is 394 g/mol. The largest absolute Gasteiger partial charge is 0.474 e. The van der Waals surface area contributed by atoms with Gasteiger partial charge in [0.15, 0.2) is 0 Å². The Kier molecular flexibility index (Phi) is 4.13. The third-order valence-electron chi connectivity index (χ3n) is 5.67. The van der Waals surface area contributed by atoms with Crippen molar-refractivity contribution in [3.63, 3.8) is 0 Å². The van der Waals surface area contributed by atoms with Crippen LogP contribution in [0.3, 0.4) is 0 Å². The maximum Gasteiger partial charge on any atom is 0.321 e. The fourth-order valence-electron chi connectivity index (χ4n) is 4.23. The molecule has 28 heavy (non-hydrogen) atoms. The minimum Gasteiger partial charge on any atom is -0.474 e. The van der Waals surface area contributed by atoms with Gasteiger partial charge < -0.3 is 15.0 Å². The number of ether oxygens (including phenoxy) is 1. The third kappa shape index (κ3) is 3.16. The number of nitrogens with one attached hydrogen (secondary N) is 1. The molecule has 5 rings (SSSR count). The quantitative estimate of drug-likeness (QED) is 0.684. The summed E-state index contributed by atoms with van der Waals surface area (Å²) in [4.78, 5) is 18.6. The molecule has 1 saturated heterocycles. The van der Waals surface area contributed by atoms with Crippen molar-refractivity contribution < 1.29 is 9.53 Å². The molecule has 1 aromatic heterocycles. The number of nitrogens with zero attached hydrogens (tertiary/aromatic N) is 2. The highest BCUT2D eigenvalue weighted by molar-refractivity contribution is 6.30. The number of aromatic nitrogens is 1. The van der Waals surface area contributed by atoms with Crippen molar-refractivity contribution >= 4 is 34.1 Å². The molecule has 5 nitrogen and oxygen atoms in total. The van der Waals surface area contributed by atoms with E-state index in [9.17, 15) is 4.79 Å². The fourth-order valence-corrected chi connectivity index (χ4v) is 4.36. The molecule has 2 aromatic carbocycles. The zero-order chi connectivity index (χ0) is 19.1. The van der Waals surface area contributed by atoms with Crippen molar-refractivity contribution in [2.75, 3.05) is 18.4 Å². The summed E-state index contributed by atoms with van der Waals surface area (Å²) in [6, 6.07) is 17.2. The summed E-state index contributed by atoms with van der Waals surface area (Å²) < 4.78 is 6.15. The van der Waals surface area contributed by atoms with Gasteiger partial charge in [-0.2, -0.15) is 0 Å². The molecule has 0 radical (unpaired) electrons. The van der Waals surface area contributed by atoms with Gasteiger partial charge in [-0.1, -0.05) is 29.8 Å². The summed E-state index contributed by atoms with van der Waals surface area (Å²) in [7, 11) is 0. The number of carbonyl (C=O) groups is 1. The molecule has 0 atom stereocenters. The molecule has 1 saturated carbocycles. The van der Waals surface area contributed by atoms with Gasteiger partial charge >= 0.3 is 6.03 Å². The van der Waals surface area contributed by atoms with E-state index >= 15 is 0 Å². The topological polar surface area (TPSA) is 54.5 Å². The molecule has 3 aromatic rings. The van der Waals surface area contributed by atoms with Crippen molar-refractivity contribution in [2.24, 2.45) is 5.41 Å². The van der Waals surface area contributed by atoms with Crippen LogP contribution in [0, 0.1) is 5.41 Å². The van der Waals surface area contributed by atoms with Crippen LogP contribution >= 0.6 is 11.6 Å². The third-order valence-corrected chi connectivity index (χ3v) is 5.92. The highest BCUT2D eigenvalue weighted by Crippen LogP contribution is 2.50. The van der Waals surface area contributed by atoms with Crippen molar-refractivity contribution in [3.8, 4) is 5.88 Å². The summed E-state index contributed by atoms with van der Waals surface area (Å²) >= 11 is 5.88. The second-order valence-electron chi connectivity index (χ2n) is 7.78. The number of urea groups is 1. The molecule has 1 N–H and O–H groups in total. The number of hydrogen-bond donors (Lipinski definition) is 1. The van der Waals surface area contributed by atoms with Crippen LogP contribution in [0.4, 0.5) is 10.5 Å². The van der Waals surface area contributed by atoms with Gasteiger partial charge in [0.1, 0.15) is 6.10 Å². The molecule has 0 bridgehead atoms. The Hall–Kier alpha value is -2.79. The molecule has 1 aliphatic carbocycles. The van der Waals surface area contributed by atoms with Crippen LogP contribution in [-0.2, 0) is 0 Å². The molecule has 2 amide bonds. The molecular weight excluding hydrogens is 374 g/mol. The number of halogens is 1. The van der Waals surface area contributed by atoms with E-state index in [-0.39, 0.29) is 17.6 Å². The summed E-state index contributed by atoms with van der Waals surface area (Å²) in [5.74, 6) is 0.703. The molecule has 6 heteroatoms. The summed E-state index contributed by atoms with van der Waals surface area (Å²) in [5, 5.41) is 5.75. The number of hydrogen-bond acceptors (Lipinski definition) is 3. The maximum atomic E-state index is 12.4. The number of likely N-dealkylation sites (tertiary alicyclic amines) is 1. The van der Waals surface area contributed by atoms with Gasteiger partial charge in [0.05, 0.1) is 0 Å². The smallest absolute Gasteiger partial charge is 0.321 e. The first-order valence-corrected chi connectivity index (χ1v) is 9.80. The van der Waals surface area contributed by atoms with Crippen LogP contribution in [0.25, 0.3) is 10.8 Å². The Balaban J connectivity index is 1.15. The Morgan fingerprint density at radius 2 is 1.86 bits per heavy atom. The van der Waals surface area contributed by atoms with E-state index in [4.69, 9.17) is 16.3 Å². The number of rotatable bonds is 3. The standard InChI is InChI=1S/C22H20ClN3O2/c23-16-5-7-17(8-6-16)25-21(27)26-13-22(14-26)11-18(12-22)28-20-19-4-2-1-3-15(19)9-10-24-20/h1-10,18H,11-14H2,(H,25,27). The van der Waals surface area contributed by atoms with Crippen molar-refractivity contribution in [1.82, 2.24) is 9.88 Å². The van der Waals surface area contributed by atoms with Gasteiger partial charge in [0, 0.05) is 40.8 Å². The molecule has 142 valence electrons. The second-order valence-corrected chi connectivity index (χ2v) is 8.21. The predicted molar refractivity (Wildman–Crippen MR) is 110 cm³/mol. The molecular formula is C22H20ClN3O2. The Bertz CT molecular complexity index is 1020. The average Bonchev–Trinajstić information content (AvgIpc) is 2.64. The van der Waals surface area contributed by atoms with Crippen LogP contribution in [0.15, 0.2) is 60.8 Å². The summed E-state index contributed by atoms with van der Waals surface area (Å²) in [6.45, 7) is 1.55. The first-order chi connectivity index (χ1) is 13.6. The highest BCUT2D eigenvalue weighted by Gasteiger charge is 2.55. The van der Waals surface area contributed by atoms with E-state index in [1.807, 2.05) is 29.2 Å². The van der Waals surface area contributed by atoms with E-state index < -0.39 is 0 Å². The van der Waals surface area contributed by atoms with Gasteiger partial charge in [-0.05, 0) is 54.6 Å². The van der Waals surface area contributed by atoms with E-state index in [2.05, 4.69) is 16.4 Å². The lowest BCUT2D eigenvalue weighted by atomic mass is 9.62. The lowest BCUT2D eigenvalue weighted by molar-refractivity contribution is -0.0989. The van der Waals surface area contributed by atoms with Crippen LogP contribution in [-0.4, -0.2) is 35.1 Å². The SMILES string of the molecule is O=C(Nc1ccc(Cl)cc1)N1CC2(CC(Oc3nccc4ccccc34)C2)C1. The minimum absolute atomic E-state index is 0.0620. The molecule has 1 spiro atoms. The Morgan fingerprint density at radius 3 is 2.64 bits per heavy atom. The number of pyridine rings is 1. The van der Waals surface area contributed by atoms with Gasteiger partial charge in [-0.25, -0.2) is 9.78 Å². The van der Waals surface area contributed by atoms with Crippen molar-refractivity contribution in [2.45, 2.75) is 18.9 Å². The summed E-state index contributed by atoms with van der Waals surface area (Å²) in [5.41, 5.74) is 0.958. The predicted octanol–water partition coefficient (Wildman–Crippen LogP) is 4.96. The summed E-state index contributed by atoms with van der Waals surface area (Å²) in [6.07, 6.45) is 3.88. The maximum absolute atomic E-state index is 12.4. The van der Waals surface area contributed by atoms with Crippen LogP contribution in [0.2, 0.25) is 5.02 Å². The van der Waals surface area contributed by atoms with Crippen LogP contribution in [0.5, 0.6) is 5.88 Å². The van der Waals surface area contributed by atoms with Gasteiger partial charge in [-0.15, -0.1) is 0 Å². The number of anilines is 1. The van der Waals surface area contributed by atoms with Crippen molar-refractivity contribution in [1.29, 1.82) is 0 Å². The minimum atomic E-state index is -0.0620. The number of benzene rings is 2. The Labute approximate surface area is 168 Å². The fraction of sp³-hybridized carbons (Fsp3) is 0.273. The molecule has 2 aliphatic rings. The van der Waals surface area contributed by atoms with E-state index in [0.717, 1.165) is 42.4 Å². The molecule has 1 aliphatic heterocycles. The lowest BCUT2D eigenvalue weighted by Crippen LogP contribution is -2.66. The van der Waals surface area contributed by atoms with Crippen LogP contribution < -0.4 is 10.1 Å². The number of fused-ring (bicyclic) bond motifs is 1. The Morgan fingerprint density at radius 1 is 1.11 bits per heavy atom. The monoisotopic (exact) mass is 393 g/mol. The van der Waals surface area contributed by atoms with E-state index in [1.165, 1.54) is 0 Å². The molecule has 2 fully saturated rings. The van der Waals surface area contributed by atoms with Gasteiger partial charge in [0.25, 0.3) is 0 Å². The van der Waals surface area contributed by atoms with Gasteiger partial charge in [0.2, 0.25) is 5.88 Å². The zero-order valence-corrected chi connectivity index (χ0v) is 16.0. The number of amides is 2. The van der Waals surface area contributed by atoms with Crippen LogP contribution in [0.1, 0.15) is 12.8 Å². The zero-order valence-electron chi connectivity index (χ0n) is 15.3. The lowest BCUT2D eigenvalue weighted by Gasteiger charge is -2.58. The van der Waals surface area contributed by atoms with Gasteiger partial charge in [-0.3, -0.25) is 0 Å². The highest BCUT2D eigenvalue weighted by atomic mass is 35.5. The molecule has 0 unspecified atom stereocenters. The first-order valence-electron chi connectivity index (χ1n) is 9.42. The van der Waals surface area contributed by atoms with E-state index in [0.29, 0.717) is 10.9 Å². The van der Waals surface area contributed by atoms with E-state index in [1.54, 1.807) is 30.5 Å². The molecule has 2 heterocycles. The number of carbonyl (C=O) groups excluding carboxylic acids is 1. The second kappa shape index (κ2) is 6.67. The van der Waals surface area contributed by atoms with Crippen molar-refractivity contribution in [3.05, 3.63) is 65.8 Å².